The van der Waals surface area contributed by atoms with Crippen molar-refractivity contribution in [3.05, 3.63) is 22.4 Å². The number of aliphatic hydroxyl groups is 1. The molecule has 1 amide bonds. The molecule has 2 rings (SSSR count). The minimum absolute atomic E-state index is 0.0128. The van der Waals surface area contributed by atoms with Gasteiger partial charge < -0.3 is 10.0 Å². The van der Waals surface area contributed by atoms with Crippen LogP contribution in [-0.2, 0) is 0 Å². The molecule has 1 fully saturated rings. The normalized spacial score (nSPS) is 25.4. The molecule has 0 aromatic carbocycles. The topological polar surface area (TPSA) is 40.5 Å². The molecule has 3 nitrogen and oxygen atoms in total. The predicted molar refractivity (Wildman–Crippen MR) is 64.7 cm³/mol. The van der Waals surface area contributed by atoms with Gasteiger partial charge in [-0.15, -0.1) is 0 Å². The fourth-order valence-corrected chi connectivity index (χ4v) is 2.91. The molecule has 4 heteroatoms. The van der Waals surface area contributed by atoms with Crippen LogP contribution < -0.4 is 0 Å². The summed E-state index contributed by atoms with van der Waals surface area (Å²) in [5.41, 5.74) is 0.727. The number of hydrogen-bond donors (Lipinski definition) is 1. The monoisotopic (exact) mass is 239 g/mol. The minimum atomic E-state index is -0.360. The summed E-state index contributed by atoms with van der Waals surface area (Å²) in [6, 6.07) is 1.82. The Bertz CT molecular complexity index is 350. The van der Waals surface area contributed by atoms with E-state index in [1.54, 1.807) is 11.9 Å². The van der Waals surface area contributed by atoms with Crippen molar-refractivity contribution in [3.63, 3.8) is 0 Å². The fraction of sp³-hybridized carbons (Fsp3) is 0.583. The van der Waals surface area contributed by atoms with Crippen LogP contribution in [0.4, 0.5) is 0 Å². The Morgan fingerprint density at radius 3 is 2.88 bits per heavy atom. The van der Waals surface area contributed by atoms with Crippen molar-refractivity contribution in [2.45, 2.75) is 37.8 Å². The van der Waals surface area contributed by atoms with Gasteiger partial charge in [-0.2, -0.15) is 11.3 Å². The number of aliphatic hydroxyl groups excluding tert-OH is 1. The molecule has 0 aliphatic heterocycles. The van der Waals surface area contributed by atoms with E-state index >= 15 is 0 Å². The number of hydrogen-bond acceptors (Lipinski definition) is 3. The molecule has 88 valence electrons. The van der Waals surface area contributed by atoms with E-state index in [0.717, 1.165) is 31.2 Å². The second kappa shape index (κ2) is 4.97. The van der Waals surface area contributed by atoms with Crippen molar-refractivity contribution in [3.8, 4) is 0 Å². The summed E-state index contributed by atoms with van der Waals surface area (Å²) in [5, 5.41) is 13.7. The molecule has 2 atom stereocenters. The highest BCUT2D eigenvalue weighted by molar-refractivity contribution is 7.08. The second-order valence-corrected chi connectivity index (χ2v) is 5.13. The molecule has 16 heavy (non-hydrogen) atoms. The van der Waals surface area contributed by atoms with Gasteiger partial charge in [0.05, 0.1) is 17.7 Å². The summed E-state index contributed by atoms with van der Waals surface area (Å²) in [6.45, 7) is 0. The van der Waals surface area contributed by atoms with E-state index in [0.29, 0.717) is 0 Å². The molecule has 1 aliphatic rings. The highest BCUT2D eigenvalue weighted by Crippen LogP contribution is 2.23. The second-order valence-electron chi connectivity index (χ2n) is 4.35. The molecule has 1 N–H and O–H groups in total. The van der Waals surface area contributed by atoms with Crippen LogP contribution in [0.1, 0.15) is 36.0 Å². The molecule has 1 aliphatic carbocycles. The molecule has 0 bridgehead atoms. The molecular formula is C12H17NO2S. The van der Waals surface area contributed by atoms with Crippen LogP contribution in [0, 0.1) is 0 Å². The number of carbonyl (C=O) groups is 1. The van der Waals surface area contributed by atoms with Gasteiger partial charge in [-0.25, -0.2) is 0 Å². The third-order valence-corrected chi connectivity index (χ3v) is 3.96. The Balaban J connectivity index is 2.06. The van der Waals surface area contributed by atoms with E-state index in [4.69, 9.17) is 0 Å². The van der Waals surface area contributed by atoms with Gasteiger partial charge in [0.2, 0.25) is 0 Å². The third-order valence-electron chi connectivity index (χ3n) is 3.28. The van der Waals surface area contributed by atoms with Gasteiger partial charge in [0.25, 0.3) is 5.91 Å². The zero-order valence-corrected chi connectivity index (χ0v) is 10.2. The lowest BCUT2D eigenvalue weighted by Crippen LogP contribution is -2.46. The first-order chi connectivity index (χ1) is 7.70. The summed E-state index contributed by atoms with van der Waals surface area (Å²) in [5.74, 6) is 0.0206. The van der Waals surface area contributed by atoms with Crippen LogP contribution in [0.2, 0.25) is 0 Å². The Hall–Kier alpha value is -0.870. The third kappa shape index (κ3) is 2.28. The molecule has 0 saturated heterocycles. The molecule has 1 aromatic heterocycles. The molecular weight excluding hydrogens is 222 g/mol. The number of nitrogens with zero attached hydrogens (tertiary/aromatic N) is 1. The van der Waals surface area contributed by atoms with Gasteiger partial charge in [0.15, 0.2) is 0 Å². The van der Waals surface area contributed by atoms with Gasteiger partial charge in [-0.05, 0) is 24.3 Å². The first kappa shape index (κ1) is 11.6. The van der Waals surface area contributed by atoms with Crippen LogP contribution in [0.25, 0.3) is 0 Å². The lowest BCUT2D eigenvalue weighted by Gasteiger charge is -2.35. The predicted octanol–water partition coefficient (Wildman–Crippen LogP) is 2.12. The van der Waals surface area contributed by atoms with Gasteiger partial charge in [0, 0.05) is 12.4 Å². The van der Waals surface area contributed by atoms with Crippen LogP contribution in [0.15, 0.2) is 16.8 Å². The lowest BCUT2D eigenvalue weighted by atomic mass is 9.91. The quantitative estimate of drug-likeness (QED) is 0.859. The van der Waals surface area contributed by atoms with Gasteiger partial charge in [-0.3, -0.25) is 4.79 Å². The molecule has 0 radical (unpaired) electrons. The molecule has 0 spiro atoms. The first-order valence-electron chi connectivity index (χ1n) is 5.67. The van der Waals surface area contributed by atoms with Crippen molar-refractivity contribution >= 4 is 17.2 Å². The highest BCUT2D eigenvalue weighted by Gasteiger charge is 2.29. The van der Waals surface area contributed by atoms with E-state index in [9.17, 15) is 9.90 Å². The Morgan fingerprint density at radius 1 is 1.50 bits per heavy atom. The lowest BCUT2D eigenvalue weighted by molar-refractivity contribution is 0.0268. The maximum atomic E-state index is 12.1. The molecule has 1 heterocycles. The number of thiophene rings is 1. The van der Waals surface area contributed by atoms with Crippen LogP contribution in [-0.4, -0.2) is 35.1 Å². The fourth-order valence-electron chi connectivity index (χ4n) is 2.28. The first-order valence-corrected chi connectivity index (χ1v) is 6.62. The molecule has 1 saturated carbocycles. The standard InChI is InChI=1S/C12H17NO2S/c1-13(10-4-2-3-5-11(10)14)12(15)9-6-7-16-8-9/h6-8,10-11,14H,2-5H2,1H3. The van der Waals surface area contributed by atoms with Gasteiger partial charge in [-0.1, -0.05) is 12.8 Å². The number of carbonyl (C=O) groups excluding carboxylic acids is 1. The summed E-state index contributed by atoms with van der Waals surface area (Å²) in [4.78, 5) is 13.8. The van der Waals surface area contributed by atoms with E-state index in [-0.39, 0.29) is 18.1 Å². The van der Waals surface area contributed by atoms with E-state index < -0.39 is 0 Å². The SMILES string of the molecule is CN(C(=O)c1ccsc1)C1CCCCC1O. The Kier molecular flexibility index (Phi) is 3.61. The summed E-state index contributed by atoms with van der Waals surface area (Å²) < 4.78 is 0. The van der Waals surface area contributed by atoms with Gasteiger partial charge in [0.1, 0.15) is 0 Å². The number of likely N-dealkylation sites (N-methyl/N-ethyl adjacent to an activating group) is 1. The number of amides is 1. The summed E-state index contributed by atoms with van der Waals surface area (Å²) in [6.07, 6.45) is 3.53. The summed E-state index contributed by atoms with van der Waals surface area (Å²) >= 11 is 1.52. The molecule has 2 unspecified atom stereocenters. The van der Waals surface area contributed by atoms with Crippen molar-refractivity contribution in [1.82, 2.24) is 4.90 Å². The maximum absolute atomic E-state index is 12.1. The average Bonchev–Trinajstić information content (AvgIpc) is 2.81. The summed E-state index contributed by atoms with van der Waals surface area (Å²) in [7, 11) is 1.79. The van der Waals surface area contributed by atoms with Crippen molar-refractivity contribution in [2.75, 3.05) is 7.05 Å². The Labute approximate surface area is 99.7 Å². The van der Waals surface area contributed by atoms with Crippen LogP contribution in [0.3, 0.4) is 0 Å². The van der Waals surface area contributed by atoms with Gasteiger partial charge >= 0.3 is 0 Å². The highest BCUT2D eigenvalue weighted by atomic mass is 32.1. The number of rotatable bonds is 2. The smallest absolute Gasteiger partial charge is 0.254 e. The zero-order chi connectivity index (χ0) is 11.5. The largest absolute Gasteiger partial charge is 0.391 e. The average molecular weight is 239 g/mol. The van der Waals surface area contributed by atoms with Crippen molar-refractivity contribution < 1.29 is 9.90 Å². The van der Waals surface area contributed by atoms with E-state index in [2.05, 4.69) is 0 Å². The zero-order valence-electron chi connectivity index (χ0n) is 9.43. The maximum Gasteiger partial charge on any atom is 0.254 e. The van der Waals surface area contributed by atoms with Crippen LogP contribution >= 0.6 is 11.3 Å². The van der Waals surface area contributed by atoms with Crippen molar-refractivity contribution in [2.24, 2.45) is 0 Å². The van der Waals surface area contributed by atoms with Crippen LogP contribution in [0.5, 0.6) is 0 Å². The van der Waals surface area contributed by atoms with E-state index in [1.165, 1.54) is 11.3 Å². The van der Waals surface area contributed by atoms with E-state index in [1.807, 2.05) is 16.8 Å². The minimum Gasteiger partial charge on any atom is -0.391 e. The van der Waals surface area contributed by atoms with Crippen molar-refractivity contribution in [1.29, 1.82) is 0 Å². The Morgan fingerprint density at radius 2 is 2.25 bits per heavy atom. The molecule has 1 aromatic rings.